The van der Waals surface area contributed by atoms with Crippen LogP contribution in [0, 0.1) is 0 Å². The summed E-state index contributed by atoms with van der Waals surface area (Å²) >= 11 is 1.90. The smallest absolute Gasteiger partial charge is 0.0367 e. The van der Waals surface area contributed by atoms with Gasteiger partial charge in [-0.3, -0.25) is 4.90 Å². The molecule has 18 heavy (non-hydrogen) atoms. The largest absolute Gasteiger partial charge is 0.369 e. The van der Waals surface area contributed by atoms with E-state index in [9.17, 15) is 0 Å². The van der Waals surface area contributed by atoms with Crippen molar-refractivity contribution in [1.29, 1.82) is 0 Å². The summed E-state index contributed by atoms with van der Waals surface area (Å²) in [7, 11) is 0. The molecule has 1 heterocycles. The fourth-order valence-corrected chi connectivity index (χ4v) is 2.99. The summed E-state index contributed by atoms with van der Waals surface area (Å²) in [4.78, 5) is 6.27. The van der Waals surface area contributed by atoms with Crippen LogP contribution in [-0.4, -0.2) is 49.9 Å². The van der Waals surface area contributed by atoms with E-state index in [-0.39, 0.29) is 0 Å². The third kappa shape index (κ3) is 3.64. The highest BCUT2D eigenvalue weighted by Crippen LogP contribution is 2.22. The molecule has 0 aromatic heterocycles. The maximum atomic E-state index is 5.59. The summed E-state index contributed by atoms with van der Waals surface area (Å²) in [5, 5.41) is 0. The molecule has 3 nitrogen and oxygen atoms in total. The number of thioether (sulfide) groups is 1. The number of hydrogen-bond acceptors (Lipinski definition) is 4. The van der Waals surface area contributed by atoms with Gasteiger partial charge in [0, 0.05) is 49.9 Å². The third-order valence-corrected chi connectivity index (χ3v) is 4.22. The Morgan fingerprint density at radius 3 is 2.33 bits per heavy atom. The van der Waals surface area contributed by atoms with Crippen molar-refractivity contribution in [3.63, 3.8) is 0 Å². The average molecular weight is 265 g/mol. The Hall–Kier alpha value is -0.710. The molecule has 100 valence electrons. The van der Waals surface area contributed by atoms with Crippen LogP contribution in [0.1, 0.15) is 6.92 Å². The van der Waals surface area contributed by atoms with Crippen molar-refractivity contribution < 1.29 is 0 Å². The second-order valence-electron chi connectivity index (χ2n) is 4.54. The van der Waals surface area contributed by atoms with Gasteiger partial charge in [-0.05, 0) is 30.0 Å². The van der Waals surface area contributed by atoms with Crippen LogP contribution in [0.4, 0.5) is 5.69 Å². The van der Waals surface area contributed by atoms with Crippen LogP contribution >= 0.6 is 11.8 Å². The van der Waals surface area contributed by atoms with Gasteiger partial charge < -0.3 is 10.6 Å². The first-order chi connectivity index (χ1) is 8.83. The highest BCUT2D eigenvalue weighted by molar-refractivity contribution is 7.99. The summed E-state index contributed by atoms with van der Waals surface area (Å²) in [6.07, 6.45) is 0. The SMILES string of the molecule is CCSc1ccc(N2CCN(CCN)CC2)cc1. The molecule has 0 atom stereocenters. The van der Waals surface area contributed by atoms with Crippen molar-refractivity contribution in [3.8, 4) is 0 Å². The van der Waals surface area contributed by atoms with Crippen molar-refractivity contribution >= 4 is 17.4 Å². The summed E-state index contributed by atoms with van der Waals surface area (Å²) in [5.74, 6) is 1.14. The van der Waals surface area contributed by atoms with E-state index < -0.39 is 0 Å². The van der Waals surface area contributed by atoms with Gasteiger partial charge in [0.25, 0.3) is 0 Å². The minimum Gasteiger partial charge on any atom is -0.369 e. The lowest BCUT2D eigenvalue weighted by Gasteiger charge is -2.36. The number of benzene rings is 1. The standard InChI is InChI=1S/C14H23N3S/c1-2-18-14-5-3-13(4-6-14)17-11-9-16(8-7-15)10-12-17/h3-6H,2,7-12,15H2,1H3. The van der Waals surface area contributed by atoms with E-state index in [0.29, 0.717) is 0 Å². The number of hydrogen-bond donors (Lipinski definition) is 1. The minimum atomic E-state index is 0.767. The Morgan fingerprint density at radius 1 is 1.11 bits per heavy atom. The van der Waals surface area contributed by atoms with Gasteiger partial charge in [-0.2, -0.15) is 0 Å². The van der Waals surface area contributed by atoms with Crippen LogP contribution in [0.25, 0.3) is 0 Å². The van der Waals surface area contributed by atoms with E-state index in [4.69, 9.17) is 5.73 Å². The van der Waals surface area contributed by atoms with Gasteiger partial charge in [-0.25, -0.2) is 0 Å². The molecule has 1 aliphatic rings. The van der Waals surface area contributed by atoms with Crippen molar-refractivity contribution in [3.05, 3.63) is 24.3 Å². The summed E-state index contributed by atoms with van der Waals surface area (Å²) in [5.41, 5.74) is 6.94. The molecule has 0 bridgehead atoms. The second kappa shape index (κ2) is 7.02. The van der Waals surface area contributed by atoms with Crippen LogP contribution < -0.4 is 10.6 Å². The lowest BCUT2D eigenvalue weighted by molar-refractivity contribution is 0.265. The quantitative estimate of drug-likeness (QED) is 0.824. The molecule has 1 aromatic rings. The molecule has 0 saturated carbocycles. The zero-order valence-corrected chi connectivity index (χ0v) is 12.0. The maximum Gasteiger partial charge on any atom is 0.0367 e. The monoisotopic (exact) mass is 265 g/mol. The fraction of sp³-hybridized carbons (Fsp3) is 0.571. The van der Waals surface area contributed by atoms with Crippen molar-refractivity contribution in [2.45, 2.75) is 11.8 Å². The lowest BCUT2D eigenvalue weighted by atomic mass is 10.2. The van der Waals surface area contributed by atoms with Crippen molar-refractivity contribution in [2.75, 3.05) is 49.9 Å². The molecule has 0 unspecified atom stereocenters. The molecule has 0 aliphatic carbocycles. The molecule has 1 saturated heterocycles. The van der Waals surface area contributed by atoms with Gasteiger partial charge in [0.15, 0.2) is 0 Å². The fourth-order valence-electron chi connectivity index (χ4n) is 2.33. The molecule has 4 heteroatoms. The Bertz CT molecular complexity index is 345. The third-order valence-electron chi connectivity index (χ3n) is 3.33. The van der Waals surface area contributed by atoms with E-state index in [0.717, 1.165) is 45.0 Å². The van der Waals surface area contributed by atoms with E-state index in [1.807, 2.05) is 11.8 Å². The first-order valence-corrected chi connectivity index (χ1v) is 7.72. The Kier molecular flexibility index (Phi) is 5.35. The Balaban J connectivity index is 1.89. The average Bonchev–Trinajstić information content (AvgIpc) is 2.41. The van der Waals surface area contributed by atoms with E-state index >= 15 is 0 Å². The molecule has 0 radical (unpaired) electrons. The molecule has 0 amide bonds. The molecule has 1 fully saturated rings. The summed E-state index contributed by atoms with van der Waals surface area (Å²) in [6, 6.07) is 8.96. The van der Waals surface area contributed by atoms with Gasteiger partial charge >= 0.3 is 0 Å². The molecule has 1 aromatic carbocycles. The van der Waals surface area contributed by atoms with Crippen LogP contribution in [-0.2, 0) is 0 Å². The summed E-state index contributed by atoms with van der Waals surface area (Å²) in [6.45, 7) is 8.46. The van der Waals surface area contributed by atoms with E-state index in [1.165, 1.54) is 10.6 Å². The molecular weight excluding hydrogens is 242 g/mol. The number of nitrogens with two attached hydrogens (primary N) is 1. The van der Waals surface area contributed by atoms with Gasteiger partial charge in [0.1, 0.15) is 0 Å². The Morgan fingerprint density at radius 2 is 1.78 bits per heavy atom. The van der Waals surface area contributed by atoms with Crippen molar-refractivity contribution in [1.82, 2.24) is 4.90 Å². The first kappa shape index (κ1) is 13.7. The van der Waals surface area contributed by atoms with E-state index in [1.54, 1.807) is 0 Å². The van der Waals surface area contributed by atoms with Gasteiger partial charge in [0.2, 0.25) is 0 Å². The lowest BCUT2D eigenvalue weighted by Crippen LogP contribution is -2.47. The molecular formula is C14H23N3S. The van der Waals surface area contributed by atoms with Crippen LogP contribution in [0.15, 0.2) is 29.2 Å². The first-order valence-electron chi connectivity index (χ1n) is 6.73. The van der Waals surface area contributed by atoms with Crippen LogP contribution in [0.3, 0.4) is 0 Å². The number of rotatable bonds is 5. The summed E-state index contributed by atoms with van der Waals surface area (Å²) < 4.78 is 0. The maximum absolute atomic E-state index is 5.59. The van der Waals surface area contributed by atoms with Gasteiger partial charge in [-0.1, -0.05) is 6.92 Å². The normalized spacial score (nSPS) is 17.1. The second-order valence-corrected chi connectivity index (χ2v) is 5.88. The number of piperazine rings is 1. The highest BCUT2D eigenvalue weighted by Gasteiger charge is 2.16. The molecule has 1 aliphatic heterocycles. The highest BCUT2D eigenvalue weighted by atomic mass is 32.2. The molecule has 0 spiro atoms. The predicted molar refractivity (Wildman–Crippen MR) is 80.5 cm³/mol. The minimum absolute atomic E-state index is 0.767. The van der Waals surface area contributed by atoms with Crippen LogP contribution in [0.2, 0.25) is 0 Å². The topological polar surface area (TPSA) is 32.5 Å². The van der Waals surface area contributed by atoms with Crippen LogP contribution in [0.5, 0.6) is 0 Å². The zero-order valence-electron chi connectivity index (χ0n) is 11.1. The zero-order chi connectivity index (χ0) is 12.8. The number of anilines is 1. The van der Waals surface area contributed by atoms with Gasteiger partial charge in [0.05, 0.1) is 0 Å². The number of nitrogens with zero attached hydrogens (tertiary/aromatic N) is 2. The predicted octanol–water partition coefficient (Wildman–Crippen LogP) is 1.88. The van der Waals surface area contributed by atoms with E-state index in [2.05, 4.69) is 41.0 Å². The molecule has 2 N–H and O–H groups in total. The Labute approximate surface area is 114 Å². The molecule has 2 rings (SSSR count). The van der Waals surface area contributed by atoms with Crippen molar-refractivity contribution in [2.24, 2.45) is 5.73 Å². The van der Waals surface area contributed by atoms with Gasteiger partial charge in [-0.15, -0.1) is 11.8 Å².